The Kier molecular flexibility index (Phi) is 8.78. The quantitative estimate of drug-likeness (QED) is 0.590. The van der Waals surface area contributed by atoms with E-state index in [9.17, 15) is 0 Å². The third-order valence-corrected chi connectivity index (χ3v) is 3.03. The van der Waals surface area contributed by atoms with Crippen molar-refractivity contribution in [2.75, 3.05) is 47.5 Å². The first kappa shape index (κ1) is 16.8. The van der Waals surface area contributed by atoms with Gasteiger partial charge in [-0.2, -0.15) is 0 Å². The van der Waals surface area contributed by atoms with Crippen molar-refractivity contribution in [2.24, 2.45) is 0 Å². The van der Waals surface area contributed by atoms with E-state index in [0.717, 1.165) is 19.5 Å². The maximum atomic E-state index is 5.93. The Morgan fingerprint density at radius 1 is 1.29 bits per heavy atom. The summed E-state index contributed by atoms with van der Waals surface area (Å²) in [6.45, 7) is 9.74. The normalized spacial score (nSPS) is 14.3. The minimum absolute atomic E-state index is 0.0523. The van der Waals surface area contributed by atoms with Crippen LogP contribution in [0.2, 0.25) is 0 Å². The summed E-state index contributed by atoms with van der Waals surface area (Å²) < 4.78 is 11.1. The Morgan fingerprint density at radius 2 is 1.94 bits per heavy atom. The highest BCUT2D eigenvalue weighted by molar-refractivity contribution is 4.77. The fraction of sp³-hybridized carbons (Fsp3) is 1.00. The summed E-state index contributed by atoms with van der Waals surface area (Å²) >= 11 is 0. The fourth-order valence-electron chi connectivity index (χ4n) is 1.24. The average molecular weight is 246 g/mol. The molecule has 4 heteroatoms. The largest absolute Gasteiger partial charge is 0.382 e. The topological polar surface area (TPSA) is 33.7 Å². The van der Waals surface area contributed by atoms with E-state index in [0.29, 0.717) is 13.2 Å². The molecule has 1 atom stereocenters. The molecule has 0 radical (unpaired) electrons. The van der Waals surface area contributed by atoms with Crippen molar-refractivity contribution in [3.8, 4) is 0 Å². The first-order chi connectivity index (χ1) is 7.94. The SMILES string of the molecule is CCCNCC(COC)OCC(C)(C)N(C)C. The average Bonchev–Trinajstić information content (AvgIpc) is 2.26. The number of ether oxygens (including phenoxy) is 2. The molecule has 0 aromatic heterocycles. The first-order valence-electron chi connectivity index (χ1n) is 6.42. The van der Waals surface area contributed by atoms with Crippen LogP contribution in [0.25, 0.3) is 0 Å². The van der Waals surface area contributed by atoms with E-state index >= 15 is 0 Å². The highest BCUT2D eigenvalue weighted by Gasteiger charge is 2.22. The van der Waals surface area contributed by atoms with E-state index in [1.54, 1.807) is 7.11 Å². The zero-order chi connectivity index (χ0) is 13.3. The summed E-state index contributed by atoms with van der Waals surface area (Å²) in [6.07, 6.45) is 1.27. The molecule has 1 unspecified atom stereocenters. The Hall–Kier alpha value is -0.160. The van der Waals surface area contributed by atoms with Gasteiger partial charge in [0.05, 0.1) is 19.3 Å². The van der Waals surface area contributed by atoms with Crippen LogP contribution in [-0.2, 0) is 9.47 Å². The molecular weight excluding hydrogens is 216 g/mol. The summed E-state index contributed by atoms with van der Waals surface area (Å²) in [7, 11) is 5.86. The Morgan fingerprint density at radius 3 is 2.41 bits per heavy atom. The van der Waals surface area contributed by atoms with Crippen LogP contribution in [0, 0.1) is 0 Å². The van der Waals surface area contributed by atoms with E-state index in [2.05, 4.69) is 45.1 Å². The molecule has 1 N–H and O–H groups in total. The van der Waals surface area contributed by atoms with Gasteiger partial charge in [0, 0.05) is 19.2 Å². The Balaban J connectivity index is 3.98. The number of hydrogen-bond acceptors (Lipinski definition) is 4. The smallest absolute Gasteiger partial charge is 0.0933 e. The highest BCUT2D eigenvalue weighted by Crippen LogP contribution is 2.11. The minimum atomic E-state index is 0.0523. The summed E-state index contributed by atoms with van der Waals surface area (Å²) in [6, 6.07) is 0. The molecule has 0 amide bonds. The van der Waals surface area contributed by atoms with Crippen molar-refractivity contribution >= 4 is 0 Å². The fourth-order valence-corrected chi connectivity index (χ4v) is 1.24. The van der Waals surface area contributed by atoms with Crippen molar-refractivity contribution < 1.29 is 9.47 Å². The van der Waals surface area contributed by atoms with E-state index in [-0.39, 0.29) is 11.6 Å². The lowest BCUT2D eigenvalue weighted by Crippen LogP contribution is -2.45. The second-order valence-electron chi connectivity index (χ2n) is 5.30. The van der Waals surface area contributed by atoms with Crippen LogP contribution < -0.4 is 5.32 Å². The monoisotopic (exact) mass is 246 g/mol. The lowest BCUT2D eigenvalue weighted by Gasteiger charge is -2.33. The summed E-state index contributed by atoms with van der Waals surface area (Å²) in [5, 5.41) is 3.37. The molecule has 0 aliphatic carbocycles. The Bertz CT molecular complexity index is 184. The van der Waals surface area contributed by atoms with E-state index in [4.69, 9.17) is 9.47 Å². The van der Waals surface area contributed by atoms with Gasteiger partial charge in [-0.15, -0.1) is 0 Å². The standard InChI is InChI=1S/C13H30N2O2/c1-7-8-14-9-12(10-16-6)17-11-13(2,3)15(4)5/h12,14H,7-11H2,1-6H3. The Labute approximate surface area is 107 Å². The third kappa shape index (κ3) is 7.71. The van der Waals surface area contributed by atoms with Gasteiger partial charge in [0.1, 0.15) is 0 Å². The summed E-state index contributed by atoms with van der Waals surface area (Å²) in [4.78, 5) is 2.18. The molecule has 0 bridgehead atoms. The molecule has 17 heavy (non-hydrogen) atoms. The van der Waals surface area contributed by atoms with Gasteiger partial charge in [-0.05, 0) is 40.9 Å². The van der Waals surface area contributed by atoms with E-state index in [1.807, 2.05) is 0 Å². The predicted molar refractivity (Wildman–Crippen MR) is 72.5 cm³/mol. The van der Waals surface area contributed by atoms with Gasteiger partial charge in [0.15, 0.2) is 0 Å². The zero-order valence-electron chi connectivity index (χ0n) is 12.4. The second-order valence-corrected chi connectivity index (χ2v) is 5.30. The lowest BCUT2D eigenvalue weighted by atomic mass is 10.1. The molecule has 104 valence electrons. The van der Waals surface area contributed by atoms with Gasteiger partial charge in [0.2, 0.25) is 0 Å². The molecule has 0 aliphatic rings. The highest BCUT2D eigenvalue weighted by atomic mass is 16.5. The van der Waals surface area contributed by atoms with Crippen LogP contribution >= 0.6 is 0 Å². The second kappa shape index (κ2) is 8.86. The van der Waals surface area contributed by atoms with Crippen LogP contribution in [-0.4, -0.2) is 64.1 Å². The summed E-state index contributed by atoms with van der Waals surface area (Å²) in [5.41, 5.74) is 0.0523. The van der Waals surface area contributed by atoms with Gasteiger partial charge < -0.3 is 19.7 Å². The van der Waals surface area contributed by atoms with Crippen molar-refractivity contribution in [2.45, 2.75) is 38.8 Å². The number of methoxy groups -OCH3 is 1. The van der Waals surface area contributed by atoms with E-state index in [1.165, 1.54) is 0 Å². The van der Waals surface area contributed by atoms with Crippen molar-refractivity contribution in [3.05, 3.63) is 0 Å². The molecule has 0 rings (SSSR count). The van der Waals surface area contributed by atoms with Crippen molar-refractivity contribution in [1.82, 2.24) is 10.2 Å². The molecule has 0 heterocycles. The number of nitrogens with one attached hydrogen (secondary N) is 1. The maximum Gasteiger partial charge on any atom is 0.0933 e. The maximum absolute atomic E-state index is 5.93. The van der Waals surface area contributed by atoms with Crippen LogP contribution in [0.3, 0.4) is 0 Å². The van der Waals surface area contributed by atoms with Gasteiger partial charge in [-0.3, -0.25) is 0 Å². The van der Waals surface area contributed by atoms with E-state index < -0.39 is 0 Å². The van der Waals surface area contributed by atoms with Gasteiger partial charge >= 0.3 is 0 Å². The molecule has 0 saturated heterocycles. The number of rotatable bonds is 10. The third-order valence-electron chi connectivity index (χ3n) is 3.03. The van der Waals surface area contributed by atoms with Crippen LogP contribution in [0.4, 0.5) is 0 Å². The predicted octanol–water partition coefficient (Wildman–Crippen LogP) is 1.36. The molecule has 4 nitrogen and oxygen atoms in total. The molecule has 0 fully saturated rings. The molecule has 0 saturated carbocycles. The van der Waals surface area contributed by atoms with Crippen LogP contribution in [0.15, 0.2) is 0 Å². The molecule has 0 aromatic carbocycles. The van der Waals surface area contributed by atoms with Gasteiger partial charge in [0.25, 0.3) is 0 Å². The first-order valence-corrected chi connectivity index (χ1v) is 6.42. The number of hydrogen-bond donors (Lipinski definition) is 1. The van der Waals surface area contributed by atoms with Crippen LogP contribution in [0.5, 0.6) is 0 Å². The van der Waals surface area contributed by atoms with Gasteiger partial charge in [-0.25, -0.2) is 0 Å². The summed E-state index contributed by atoms with van der Waals surface area (Å²) in [5.74, 6) is 0. The molecule has 0 spiro atoms. The van der Waals surface area contributed by atoms with Gasteiger partial charge in [-0.1, -0.05) is 6.92 Å². The van der Waals surface area contributed by atoms with Crippen LogP contribution in [0.1, 0.15) is 27.2 Å². The molecule has 0 aliphatic heterocycles. The number of likely N-dealkylation sites (N-methyl/N-ethyl adjacent to an activating group) is 1. The van der Waals surface area contributed by atoms with Crippen molar-refractivity contribution in [1.29, 1.82) is 0 Å². The minimum Gasteiger partial charge on any atom is -0.382 e. The zero-order valence-corrected chi connectivity index (χ0v) is 12.4. The lowest BCUT2D eigenvalue weighted by molar-refractivity contribution is -0.0412. The number of nitrogens with zero attached hydrogens (tertiary/aromatic N) is 1. The molecule has 0 aromatic rings. The molecular formula is C13H30N2O2. The van der Waals surface area contributed by atoms with Crippen molar-refractivity contribution in [3.63, 3.8) is 0 Å².